The second kappa shape index (κ2) is 1.96. The van der Waals surface area contributed by atoms with Crippen molar-refractivity contribution in [2.75, 3.05) is 0 Å². The predicted octanol–water partition coefficient (Wildman–Crippen LogP) is 3.32. The molecule has 44 valence electrons. The monoisotopic (exact) mass is 300 g/mol. The maximum atomic E-state index is 3.65. The summed E-state index contributed by atoms with van der Waals surface area (Å²) >= 11 is 10.1. The highest BCUT2D eigenvalue weighted by atomic mass is 79.9. The van der Waals surface area contributed by atoms with Crippen molar-refractivity contribution in [1.29, 1.82) is 0 Å². The van der Waals surface area contributed by atoms with Gasteiger partial charge >= 0.3 is 0 Å². The molecule has 0 aromatic carbocycles. The molecule has 0 N–H and O–H groups in total. The molecule has 0 aromatic heterocycles. The Kier molecular flexibility index (Phi) is 1.72. The molecule has 3 heteroatoms. The van der Waals surface area contributed by atoms with E-state index in [1.165, 1.54) is 0 Å². The summed E-state index contributed by atoms with van der Waals surface area (Å²) in [5, 5.41) is 0. The van der Waals surface area contributed by atoms with Gasteiger partial charge in [0.05, 0.1) is 0 Å². The van der Waals surface area contributed by atoms with Crippen LogP contribution >= 0.6 is 47.8 Å². The number of rotatable bonds is 1. The second-order valence-electron chi connectivity index (χ2n) is 1.54. The first-order chi connectivity index (χ1) is 3.63. The van der Waals surface area contributed by atoms with Crippen LogP contribution in [0.25, 0.3) is 0 Å². The van der Waals surface area contributed by atoms with Crippen molar-refractivity contribution in [3.63, 3.8) is 0 Å². The summed E-state index contributed by atoms with van der Waals surface area (Å²) in [5.74, 6) is 0. The Balaban J connectivity index is 2.74. The van der Waals surface area contributed by atoms with Crippen molar-refractivity contribution in [2.24, 2.45) is 0 Å². The van der Waals surface area contributed by atoms with Gasteiger partial charge in [-0.05, 0) is 0 Å². The Morgan fingerprint density at radius 1 is 1.38 bits per heavy atom. The molecule has 0 saturated carbocycles. The molecule has 8 heavy (non-hydrogen) atoms. The van der Waals surface area contributed by atoms with E-state index < -0.39 is 0 Å². The molecule has 0 bridgehead atoms. The summed E-state index contributed by atoms with van der Waals surface area (Å²) in [6.45, 7) is 3.65. The number of hydrogen-bond acceptors (Lipinski definition) is 0. The SMILES string of the molecule is C=CC1(Br)C(Br)=C1Br. The Labute approximate surface area is 73.4 Å². The molecular weight excluding hydrogens is 300 g/mol. The number of hydrogen-bond donors (Lipinski definition) is 0. The Morgan fingerprint density at radius 2 is 1.75 bits per heavy atom. The van der Waals surface area contributed by atoms with Crippen LogP contribution in [0.2, 0.25) is 0 Å². The molecule has 0 aromatic rings. The highest BCUT2D eigenvalue weighted by Gasteiger charge is 2.46. The van der Waals surface area contributed by atoms with Gasteiger partial charge in [-0.15, -0.1) is 6.58 Å². The third-order valence-corrected chi connectivity index (χ3v) is 5.81. The van der Waals surface area contributed by atoms with E-state index in [-0.39, 0.29) is 4.32 Å². The van der Waals surface area contributed by atoms with Crippen LogP contribution in [0.5, 0.6) is 0 Å². The third kappa shape index (κ3) is 0.755. The zero-order valence-corrected chi connectivity index (χ0v) is 8.68. The lowest BCUT2D eigenvalue weighted by atomic mass is 10.4. The molecule has 0 atom stereocenters. The van der Waals surface area contributed by atoms with E-state index in [4.69, 9.17) is 0 Å². The molecule has 0 unspecified atom stereocenters. The van der Waals surface area contributed by atoms with Crippen molar-refractivity contribution in [3.8, 4) is 0 Å². The fourth-order valence-corrected chi connectivity index (χ4v) is 2.64. The van der Waals surface area contributed by atoms with E-state index >= 15 is 0 Å². The summed E-state index contributed by atoms with van der Waals surface area (Å²) < 4.78 is 2.23. The van der Waals surface area contributed by atoms with Gasteiger partial charge in [0.25, 0.3) is 0 Å². The lowest BCUT2D eigenvalue weighted by Crippen LogP contribution is -1.93. The van der Waals surface area contributed by atoms with Gasteiger partial charge in [0.15, 0.2) is 0 Å². The van der Waals surface area contributed by atoms with E-state index in [1.54, 1.807) is 0 Å². The van der Waals surface area contributed by atoms with Gasteiger partial charge in [0.1, 0.15) is 4.32 Å². The first-order valence-electron chi connectivity index (χ1n) is 2.01. The minimum absolute atomic E-state index is 0.0486. The zero-order valence-electron chi connectivity index (χ0n) is 3.92. The Morgan fingerprint density at radius 3 is 1.75 bits per heavy atom. The number of halogens is 3. The fourth-order valence-electron chi connectivity index (χ4n) is 0.394. The minimum Gasteiger partial charge on any atom is -0.101 e. The molecule has 1 aliphatic rings. The van der Waals surface area contributed by atoms with Crippen LogP contribution in [0.4, 0.5) is 0 Å². The molecule has 0 aliphatic heterocycles. The molecule has 0 heterocycles. The van der Waals surface area contributed by atoms with Crippen LogP contribution in [-0.2, 0) is 0 Å². The smallest absolute Gasteiger partial charge is 0.101 e. The largest absolute Gasteiger partial charge is 0.108 e. The maximum Gasteiger partial charge on any atom is 0.108 e. The highest BCUT2D eigenvalue weighted by molar-refractivity contribution is 9.18. The lowest BCUT2D eigenvalue weighted by Gasteiger charge is -1.96. The van der Waals surface area contributed by atoms with Crippen molar-refractivity contribution < 1.29 is 0 Å². The summed E-state index contributed by atoms with van der Waals surface area (Å²) in [6, 6.07) is 0. The van der Waals surface area contributed by atoms with Crippen molar-refractivity contribution in [2.45, 2.75) is 4.32 Å². The molecule has 0 radical (unpaired) electrons. The zero-order chi connectivity index (χ0) is 6.36. The van der Waals surface area contributed by atoms with Gasteiger partial charge in [-0.2, -0.15) is 0 Å². The van der Waals surface area contributed by atoms with Gasteiger partial charge in [-0.1, -0.05) is 53.9 Å². The lowest BCUT2D eigenvalue weighted by molar-refractivity contribution is 1.35. The molecule has 0 spiro atoms. The average Bonchev–Trinajstić information content (AvgIpc) is 2.22. The van der Waals surface area contributed by atoms with E-state index in [0.29, 0.717) is 0 Å². The quantitative estimate of drug-likeness (QED) is 0.515. The maximum absolute atomic E-state index is 3.65. The van der Waals surface area contributed by atoms with Crippen molar-refractivity contribution in [3.05, 3.63) is 21.6 Å². The van der Waals surface area contributed by atoms with E-state index in [1.807, 2.05) is 6.08 Å². The standard InChI is InChI=1S/C5H3Br3/c1-2-5(8)3(6)4(5)7/h2H,1H2. The Bertz CT molecular complexity index is 157. The summed E-state index contributed by atoms with van der Waals surface area (Å²) in [5.41, 5.74) is 0. The van der Waals surface area contributed by atoms with Gasteiger partial charge in [-0.3, -0.25) is 0 Å². The second-order valence-corrected chi connectivity index (χ2v) is 4.38. The average molecular weight is 303 g/mol. The van der Waals surface area contributed by atoms with Gasteiger partial charge in [0, 0.05) is 8.96 Å². The van der Waals surface area contributed by atoms with Crippen LogP contribution in [0.3, 0.4) is 0 Å². The number of allylic oxidation sites excluding steroid dienone is 3. The Hall–Kier alpha value is 0.920. The molecule has 1 aliphatic carbocycles. The fraction of sp³-hybridized carbons (Fsp3) is 0.200. The molecule has 1 rings (SSSR count). The van der Waals surface area contributed by atoms with Crippen LogP contribution in [0, 0.1) is 0 Å². The highest BCUT2D eigenvalue weighted by Crippen LogP contribution is 2.58. The van der Waals surface area contributed by atoms with Crippen molar-refractivity contribution in [1.82, 2.24) is 0 Å². The third-order valence-electron chi connectivity index (χ3n) is 1.05. The summed E-state index contributed by atoms with van der Waals surface area (Å²) in [6.07, 6.45) is 1.83. The predicted molar refractivity (Wildman–Crippen MR) is 46.7 cm³/mol. The first-order valence-corrected chi connectivity index (χ1v) is 4.39. The van der Waals surface area contributed by atoms with Crippen molar-refractivity contribution >= 4 is 47.8 Å². The summed E-state index contributed by atoms with van der Waals surface area (Å²) in [7, 11) is 0. The van der Waals surface area contributed by atoms with E-state index in [2.05, 4.69) is 54.4 Å². The van der Waals surface area contributed by atoms with Crippen LogP contribution in [-0.4, -0.2) is 4.32 Å². The minimum atomic E-state index is -0.0486. The molecule has 0 amide bonds. The summed E-state index contributed by atoms with van der Waals surface area (Å²) in [4.78, 5) is 0. The normalized spacial score (nSPS) is 23.4. The van der Waals surface area contributed by atoms with Gasteiger partial charge in [-0.25, -0.2) is 0 Å². The van der Waals surface area contributed by atoms with Gasteiger partial charge in [0.2, 0.25) is 0 Å². The topological polar surface area (TPSA) is 0 Å². The van der Waals surface area contributed by atoms with E-state index in [9.17, 15) is 0 Å². The van der Waals surface area contributed by atoms with Crippen LogP contribution in [0.15, 0.2) is 21.6 Å². The molecular formula is C5H3Br3. The first kappa shape index (κ1) is 7.03. The van der Waals surface area contributed by atoms with Gasteiger partial charge < -0.3 is 0 Å². The van der Waals surface area contributed by atoms with E-state index in [0.717, 1.165) is 8.96 Å². The van der Waals surface area contributed by atoms with Crippen LogP contribution < -0.4 is 0 Å². The number of alkyl halides is 1. The molecule has 0 nitrogen and oxygen atoms in total. The molecule has 0 saturated heterocycles. The molecule has 0 fully saturated rings. The van der Waals surface area contributed by atoms with Crippen LogP contribution in [0.1, 0.15) is 0 Å².